The first-order valence-corrected chi connectivity index (χ1v) is 8.17. The maximum atomic E-state index is 9.56. The molecule has 3 aromatic rings. The van der Waals surface area contributed by atoms with Gasteiger partial charge in [-0.15, -0.1) is 0 Å². The van der Waals surface area contributed by atoms with E-state index < -0.39 is 0 Å². The van der Waals surface area contributed by atoms with Crippen LogP contribution in [0, 0.1) is 11.3 Å². The zero-order chi connectivity index (χ0) is 15.8. The molecule has 0 radical (unpaired) electrons. The summed E-state index contributed by atoms with van der Waals surface area (Å²) in [5.74, 6) is 0.732. The lowest BCUT2D eigenvalue weighted by Gasteiger charge is -2.03. The van der Waals surface area contributed by atoms with Gasteiger partial charge in [-0.1, -0.05) is 23.5 Å². The third kappa shape index (κ3) is 2.36. The van der Waals surface area contributed by atoms with Crippen LogP contribution in [0.2, 0.25) is 0 Å². The first kappa shape index (κ1) is 14.2. The highest BCUT2D eigenvalue weighted by atomic mass is 32.1. The van der Waals surface area contributed by atoms with E-state index in [1.807, 2.05) is 24.3 Å². The zero-order valence-electron chi connectivity index (χ0n) is 12.5. The SMILES string of the molecule is COc1cccc(-c2nc3sc(C4CCCO4)nn3c2C#N)c1. The molecule has 0 spiro atoms. The molecular formula is C16H14N4O2S. The van der Waals surface area contributed by atoms with Crippen molar-refractivity contribution in [3.63, 3.8) is 0 Å². The number of aromatic nitrogens is 3. The highest BCUT2D eigenvalue weighted by Crippen LogP contribution is 2.34. The van der Waals surface area contributed by atoms with Gasteiger partial charge in [0.05, 0.1) is 7.11 Å². The molecule has 6 nitrogen and oxygen atoms in total. The van der Waals surface area contributed by atoms with Crippen LogP contribution in [0.1, 0.15) is 29.6 Å². The quantitative estimate of drug-likeness (QED) is 0.739. The molecule has 1 unspecified atom stereocenters. The molecule has 23 heavy (non-hydrogen) atoms. The lowest BCUT2D eigenvalue weighted by Crippen LogP contribution is -1.98. The van der Waals surface area contributed by atoms with Crippen molar-refractivity contribution < 1.29 is 9.47 Å². The van der Waals surface area contributed by atoms with E-state index in [0.717, 1.165) is 35.8 Å². The first-order chi connectivity index (χ1) is 11.3. The van der Waals surface area contributed by atoms with Crippen molar-refractivity contribution in [3.8, 4) is 23.1 Å². The van der Waals surface area contributed by atoms with Crippen LogP contribution in [0.25, 0.3) is 16.2 Å². The van der Waals surface area contributed by atoms with Crippen molar-refractivity contribution >= 4 is 16.3 Å². The predicted molar refractivity (Wildman–Crippen MR) is 85.5 cm³/mol. The summed E-state index contributed by atoms with van der Waals surface area (Å²) < 4.78 is 12.5. The molecule has 1 saturated heterocycles. The Labute approximate surface area is 136 Å². The Kier molecular flexibility index (Phi) is 3.48. The zero-order valence-corrected chi connectivity index (χ0v) is 13.3. The van der Waals surface area contributed by atoms with Crippen molar-refractivity contribution in [2.45, 2.75) is 18.9 Å². The van der Waals surface area contributed by atoms with Crippen LogP contribution in [0.5, 0.6) is 5.75 Å². The summed E-state index contributed by atoms with van der Waals surface area (Å²) in [6.45, 7) is 0.771. The molecule has 7 heteroatoms. The summed E-state index contributed by atoms with van der Waals surface area (Å²) in [6, 6.07) is 9.75. The molecule has 1 aliphatic rings. The lowest BCUT2D eigenvalue weighted by atomic mass is 10.1. The summed E-state index contributed by atoms with van der Waals surface area (Å²) >= 11 is 1.48. The first-order valence-electron chi connectivity index (χ1n) is 7.35. The van der Waals surface area contributed by atoms with E-state index in [0.29, 0.717) is 16.3 Å². The summed E-state index contributed by atoms with van der Waals surface area (Å²) in [4.78, 5) is 5.32. The number of nitriles is 1. The minimum Gasteiger partial charge on any atom is -0.497 e. The summed E-state index contributed by atoms with van der Waals surface area (Å²) in [7, 11) is 1.62. The number of imidazole rings is 1. The van der Waals surface area contributed by atoms with Gasteiger partial charge in [-0.05, 0) is 25.0 Å². The standard InChI is InChI=1S/C16H14N4O2S/c1-21-11-5-2-4-10(8-11)14-12(9-17)20-16(18-14)23-15(19-20)13-6-3-7-22-13/h2,4-5,8,13H,3,6-7H2,1H3. The van der Waals surface area contributed by atoms with Crippen molar-refractivity contribution in [2.24, 2.45) is 0 Å². The summed E-state index contributed by atoms with van der Waals surface area (Å²) in [5, 5.41) is 15.0. The minimum absolute atomic E-state index is 0.0357. The van der Waals surface area contributed by atoms with Crippen LogP contribution < -0.4 is 4.74 Å². The topological polar surface area (TPSA) is 72.4 Å². The normalized spacial score (nSPS) is 17.5. The van der Waals surface area contributed by atoms with E-state index in [1.165, 1.54) is 11.3 Å². The van der Waals surface area contributed by atoms with Gasteiger partial charge in [0.15, 0.2) is 5.69 Å². The Morgan fingerprint density at radius 1 is 1.48 bits per heavy atom. The van der Waals surface area contributed by atoms with Gasteiger partial charge in [0, 0.05) is 12.2 Å². The van der Waals surface area contributed by atoms with Gasteiger partial charge in [-0.3, -0.25) is 0 Å². The highest BCUT2D eigenvalue weighted by Gasteiger charge is 2.25. The second-order valence-corrected chi connectivity index (χ2v) is 6.28. The molecule has 4 rings (SSSR count). The van der Waals surface area contributed by atoms with Crippen molar-refractivity contribution in [2.75, 3.05) is 13.7 Å². The monoisotopic (exact) mass is 326 g/mol. The molecule has 0 amide bonds. The van der Waals surface area contributed by atoms with E-state index in [4.69, 9.17) is 9.47 Å². The lowest BCUT2D eigenvalue weighted by molar-refractivity contribution is 0.111. The molecule has 2 aromatic heterocycles. The van der Waals surface area contributed by atoms with Gasteiger partial charge in [-0.25, -0.2) is 4.98 Å². The van der Waals surface area contributed by atoms with E-state index in [2.05, 4.69) is 16.2 Å². The number of hydrogen-bond donors (Lipinski definition) is 0. The molecule has 0 N–H and O–H groups in total. The Morgan fingerprint density at radius 3 is 3.13 bits per heavy atom. The molecule has 1 aliphatic heterocycles. The molecule has 0 saturated carbocycles. The third-order valence-electron chi connectivity index (χ3n) is 3.87. The van der Waals surface area contributed by atoms with Crippen LogP contribution in [-0.4, -0.2) is 28.3 Å². The van der Waals surface area contributed by atoms with Crippen LogP contribution in [0.3, 0.4) is 0 Å². The van der Waals surface area contributed by atoms with Gasteiger partial charge in [0.2, 0.25) is 4.96 Å². The van der Waals surface area contributed by atoms with E-state index in [9.17, 15) is 5.26 Å². The third-order valence-corrected chi connectivity index (χ3v) is 4.87. The van der Waals surface area contributed by atoms with Crippen molar-refractivity contribution in [1.82, 2.24) is 14.6 Å². The van der Waals surface area contributed by atoms with Crippen LogP contribution in [-0.2, 0) is 4.74 Å². The predicted octanol–water partition coefficient (Wildman–Crippen LogP) is 3.19. The largest absolute Gasteiger partial charge is 0.497 e. The molecule has 0 aliphatic carbocycles. The maximum Gasteiger partial charge on any atom is 0.214 e. The number of fused-ring (bicyclic) bond motifs is 1. The smallest absolute Gasteiger partial charge is 0.214 e. The van der Waals surface area contributed by atoms with Crippen molar-refractivity contribution in [3.05, 3.63) is 35.0 Å². The molecular weight excluding hydrogens is 312 g/mol. The summed E-state index contributed by atoms with van der Waals surface area (Å²) in [5.41, 5.74) is 1.91. The van der Waals surface area contributed by atoms with Gasteiger partial charge in [0.1, 0.15) is 28.6 Å². The second kappa shape index (κ2) is 5.65. The molecule has 0 bridgehead atoms. The number of benzene rings is 1. The molecule has 1 atom stereocenters. The van der Waals surface area contributed by atoms with Crippen molar-refractivity contribution in [1.29, 1.82) is 5.26 Å². The van der Waals surface area contributed by atoms with E-state index in [-0.39, 0.29) is 6.10 Å². The Balaban J connectivity index is 1.81. The fraction of sp³-hybridized carbons (Fsp3) is 0.312. The fourth-order valence-corrected chi connectivity index (χ4v) is 3.72. The number of nitrogens with zero attached hydrogens (tertiary/aromatic N) is 4. The van der Waals surface area contributed by atoms with E-state index >= 15 is 0 Å². The number of methoxy groups -OCH3 is 1. The van der Waals surface area contributed by atoms with Gasteiger partial charge >= 0.3 is 0 Å². The van der Waals surface area contributed by atoms with Gasteiger partial charge < -0.3 is 9.47 Å². The van der Waals surface area contributed by atoms with Crippen LogP contribution in [0.15, 0.2) is 24.3 Å². The second-order valence-electron chi connectivity index (χ2n) is 5.29. The van der Waals surface area contributed by atoms with Crippen LogP contribution >= 0.6 is 11.3 Å². The molecule has 3 heterocycles. The molecule has 1 aromatic carbocycles. The van der Waals surface area contributed by atoms with E-state index in [1.54, 1.807) is 11.6 Å². The Morgan fingerprint density at radius 2 is 2.39 bits per heavy atom. The minimum atomic E-state index is 0.0357. The van der Waals surface area contributed by atoms with Gasteiger partial charge in [-0.2, -0.15) is 14.9 Å². The Hall–Kier alpha value is -2.43. The fourth-order valence-electron chi connectivity index (χ4n) is 2.74. The summed E-state index contributed by atoms with van der Waals surface area (Å²) in [6.07, 6.45) is 2.06. The average molecular weight is 326 g/mol. The number of hydrogen-bond acceptors (Lipinski definition) is 6. The number of ether oxygens (including phenoxy) is 2. The number of rotatable bonds is 3. The van der Waals surface area contributed by atoms with Crippen LogP contribution in [0.4, 0.5) is 0 Å². The average Bonchev–Trinajstić information content (AvgIpc) is 3.29. The molecule has 116 valence electrons. The highest BCUT2D eigenvalue weighted by molar-refractivity contribution is 7.16. The Bertz CT molecular complexity index is 903. The maximum absolute atomic E-state index is 9.56. The van der Waals surface area contributed by atoms with Gasteiger partial charge in [0.25, 0.3) is 0 Å². The molecule has 1 fully saturated rings.